The quantitative estimate of drug-likeness (QED) is 0.826. The zero-order valence-electron chi connectivity index (χ0n) is 11.2. The van der Waals surface area contributed by atoms with E-state index in [4.69, 9.17) is 23.2 Å². The number of nitrogens with zero attached hydrogens (tertiary/aromatic N) is 1. The van der Waals surface area contributed by atoms with Gasteiger partial charge in [0.1, 0.15) is 0 Å². The molecule has 0 aliphatic heterocycles. The summed E-state index contributed by atoms with van der Waals surface area (Å²) in [6.07, 6.45) is 2.21. The molecule has 0 fully saturated rings. The van der Waals surface area contributed by atoms with Crippen LogP contribution in [0.3, 0.4) is 0 Å². The van der Waals surface area contributed by atoms with E-state index < -0.39 is 6.10 Å². The van der Waals surface area contributed by atoms with Gasteiger partial charge in [0.2, 0.25) is 0 Å². The summed E-state index contributed by atoms with van der Waals surface area (Å²) >= 11 is 12.2. The molecule has 4 heteroatoms. The number of halogens is 2. The Labute approximate surface area is 128 Å². The monoisotopic (exact) mass is 307 g/mol. The maximum Gasteiger partial charge on any atom is 0.0963 e. The van der Waals surface area contributed by atoms with E-state index in [1.54, 1.807) is 6.07 Å². The number of aryl methyl sites for hydroxylation is 1. The van der Waals surface area contributed by atoms with E-state index in [0.29, 0.717) is 10.0 Å². The molecule has 2 aromatic rings. The molecule has 1 aliphatic carbocycles. The molecule has 0 saturated heterocycles. The SMILES string of the molecule is Cc1cc(-c2cc(Cl)cc(Cl)c2)c2c(n1)C(O)CCC2. The highest BCUT2D eigenvalue weighted by Gasteiger charge is 2.23. The van der Waals surface area contributed by atoms with Gasteiger partial charge in [-0.3, -0.25) is 4.98 Å². The molecule has 0 bridgehead atoms. The van der Waals surface area contributed by atoms with E-state index in [9.17, 15) is 5.11 Å². The van der Waals surface area contributed by atoms with Crippen molar-refractivity contribution in [3.63, 3.8) is 0 Å². The predicted octanol–water partition coefficient (Wildman–Crippen LogP) is 4.73. The van der Waals surface area contributed by atoms with Gasteiger partial charge >= 0.3 is 0 Å². The first-order valence-corrected chi connectivity index (χ1v) is 7.45. The van der Waals surface area contributed by atoms with Crippen molar-refractivity contribution in [1.29, 1.82) is 0 Å². The lowest BCUT2D eigenvalue weighted by atomic mass is 9.87. The van der Waals surface area contributed by atoms with E-state index in [-0.39, 0.29) is 0 Å². The summed E-state index contributed by atoms with van der Waals surface area (Å²) in [6.45, 7) is 1.94. The van der Waals surface area contributed by atoms with Gasteiger partial charge in [-0.2, -0.15) is 0 Å². The van der Waals surface area contributed by atoms with Crippen molar-refractivity contribution in [2.24, 2.45) is 0 Å². The van der Waals surface area contributed by atoms with Crippen molar-refractivity contribution >= 4 is 23.2 Å². The lowest BCUT2D eigenvalue weighted by Crippen LogP contribution is -2.13. The lowest BCUT2D eigenvalue weighted by Gasteiger charge is -2.23. The zero-order chi connectivity index (χ0) is 14.3. The van der Waals surface area contributed by atoms with Crippen LogP contribution < -0.4 is 0 Å². The Bertz CT molecular complexity index is 650. The molecular weight excluding hydrogens is 293 g/mol. The zero-order valence-corrected chi connectivity index (χ0v) is 12.7. The molecule has 1 aliphatic rings. The van der Waals surface area contributed by atoms with Crippen molar-refractivity contribution in [2.75, 3.05) is 0 Å². The van der Waals surface area contributed by atoms with Crippen LogP contribution in [-0.2, 0) is 6.42 Å². The average Bonchev–Trinajstić information content (AvgIpc) is 2.38. The Morgan fingerprint density at radius 1 is 1.15 bits per heavy atom. The van der Waals surface area contributed by atoms with E-state index in [0.717, 1.165) is 47.3 Å². The minimum absolute atomic E-state index is 0.466. The Kier molecular flexibility index (Phi) is 3.72. The summed E-state index contributed by atoms with van der Waals surface area (Å²) in [7, 11) is 0. The van der Waals surface area contributed by atoms with Crippen LogP contribution in [0.4, 0.5) is 0 Å². The van der Waals surface area contributed by atoms with Gasteiger partial charge in [0.25, 0.3) is 0 Å². The van der Waals surface area contributed by atoms with Crippen LogP contribution >= 0.6 is 23.2 Å². The highest BCUT2D eigenvalue weighted by molar-refractivity contribution is 6.35. The fourth-order valence-corrected chi connectivity index (χ4v) is 3.36. The molecule has 1 heterocycles. The van der Waals surface area contributed by atoms with Gasteiger partial charge in [-0.15, -0.1) is 0 Å². The first-order chi connectivity index (χ1) is 9.54. The summed E-state index contributed by atoms with van der Waals surface area (Å²) in [5, 5.41) is 11.4. The number of aromatic nitrogens is 1. The molecule has 0 amide bonds. The topological polar surface area (TPSA) is 33.1 Å². The van der Waals surface area contributed by atoms with E-state index in [1.807, 2.05) is 25.1 Å². The molecule has 1 unspecified atom stereocenters. The number of aliphatic hydroxyl groups is 1. The molecule has 1 N–H and O–H groups in total. The number of rotatable bonds is 1. The van der Waals surface area contributed by atoms with Crippen molar-refractivity contribution in [2.45, 2.75) is 32.3 Å². The Balaban J connectivity index is 2.23. The van der Waals surface area contributed by atoms with Gasteiger partial charge in [0, 0.05) is 15.7 Å². The predicted molar refractivity (Wildman–Crippen MR) is 82.3 cm³/mol. The smallest absolute Gasteiger partial charge is 0.0963 e. The van der Waals surface area contributed by atoms with Crippen LogP contribution in [-0.4, -0.2) is 10.1 Å². The molecular formula is C16H15Cl2NO. The second-order valence-corrected chi connectivity index (χ2v) is 6.11. The van der Waals surface area contributed by atoms with Crippen LogP contribution in [0.25, 0.3) is 11.1 Å². The van der Waals surface area contributed by atoms with E-state index >= 15 is 0 Å². The Morgan fingerprint density at radius 3 is 2.55 bits per heavy atom. The van der Waals surface area contributed by atoms with E-state index in [1.165, 1.54) is 0 Å². The normalized spacial score (nSPS) is 17.9. The first-order valence-electron chi connectivity index (χ1n) is 6.69. The van der Waals surface area contributed by atoms with Crippen LogP contribution in [0.5, 0.6) is 0 Å². The van der Waals surface area contributed by atoms with Crippen LogP contribution in [0.1, 0.15) is 35.9 Å². The minimum atomic E-state index is -0.466. The van der Waals surface area contributed by atoms with Gasteiger partial charge in [0.05, 0.1) is 11.8 Å². The van der Waals surface area contributed by atoms with Gasteiger partial charge in [-0.1, -0.05) is 23.2 Å². The number of pyridine rings is 1. The Morgan fingerprint density at radius 2 is 1.85 bits per heavy atom. The average molecular weight is 308 g/mol. The third kappa shape index (κ3) is 2.56. The second kappa shape index (κ2) is 5.36. The summed E-state index contributed by atoms with van der Waals surface area (Å²) in [5.41, 5.74) is 4.89. The third-order valence-electron chi connectivity index (χ3n) is 3.68. The van der Waals surface area contributed by atoms with Crippen molar-refractivity contribution in [3.8, 4) is 11.1 Å². The number of hydrogen-bond acceptors (Lipinski definition) is 2. The second-order valence-electron chi connectivity index (χ2n) is 5.24. The molecule has 20 heavy (non-hydrogen) atoms. The molecule has 0 radical (unpaired) electrons. The lowest BCUT2D eigenvalue weighted by molar-refractivity contribution is 0.151. The van der Waals surface area contributed by atoms with Crippen LogP contribution in [0.15, 0.2) is 24.3 Å². The minimum Gasteiger partial charge on any atom is -0.387 e. The van der Waals surface area contributed by atoms with Crippen LogP contribution in [0.2, 0.25) is 10.0 Å². The molecule has 104 valence electrons. The molecule has 1 atom stereocenters. The summed E-state index contributed by atoms with van der Waals surface area (Å²) in [5.74, 6) is 0. The summed E-state index contributed by atoms with van der Waals surface area (Å²) in [6, 6.07) is 7.58. The summed E-state index contributed by atoms with van der Waals surface area (Å²) < 4.78 is 0. The third-order valence-corrected chi connectivity index (χ3v) is 4.11. The molecule has 2 nitrogen and oxygen atoms in total. The maximum absolute atomic E-state index is 10.2. The molecule has 0 saturated carbocycles. The maximum atomic E-state index is 10.2. The van der Waals surface area contributed by atoms with Crippen molar-refractivity contribution in [1.82, 2.24) is 4.98 Å². The van der Waals surface area contributed by atoms with Gasteiger partial charge in [-0.05, 0) is 67.1 Å². The van der Waals surface area contributed by atoms with Gasteiger partial charge in [0.15, 0.2) is 0 Å². The standard InChI is InChI=1S/C16H15Cl2NO/c1-9-5-14(10-6-11(17)8-12(18)7-10)13-3-2-4-15(20)16(13)19-9/h5-8,15,20H,2-4H2,1H3. The molecule has 1 aromatic heterocycles. The molecule has 3 rings (SSSR count). The number of hydrogen-bond donors (Lipinski definition) is 1. The van der Waals surface area contributed by atoms with Crippen LogP contribution in [0, 0.1) is 6.92 Å². The Hall–Kier alpha value is -1.09. The van der Waals surface area contributed by atoms with Crippen molar-refractivity contribution < 1.29 is 5.11 Å². The highest BCUT2D eigenvalue weighted by atomic mass is 35.5. The van der Waals surface area contributed by atoms with E-state index in [2.05, 4.69) is 4.98 Å². The fraction of sp³-hybridized carbons (Fsp3) is 0.312. The molecule has 0 spiro atoms. The van der Waals surface area contributed by atoms with Gasteiger partial charge in [-0.25, -0.2) is 0 Å². The largest absolute Gasteiger partial charge is 0.387 e. The molecule has 1 aromatic carbocycles. The first kappa shape index (κ1) is 13.9. The van der Waals surface area contributed by atoms with Gasteiger partial charge < -0.3 is 5.11 Å². The van der Waals surface area contributed by atoms with Crippen molar-refractivity contribution in [3.05, 3.63) is 51.3 Å². The number of fused-ring (bicyclic) bond motifs is 1. The number of aliphatic hydroxyl groups excluding tert-OH is 1. The fourth-order valence-electron chi connectivity index (χ4n) is 2.84. The number of benzene rings is 1. The summed E-state index contributed by atoms with van der Waals surface area (Å²) in [4.78, 5) is 4.51. The highest BCUT2D eigenvalue weighted by Crippen LogP contribution is 2.37.